The van der Waals surface area contributed by atoms with Crippen molar-refractivity contribution in [3.05, 3.63) is 0 Å². The van der Waals surface area contributed by atoms with Crippen molar-refractivity contribution in [2.24, 2.45) is 11.8 Å². The molecule has 0 bridgehead atoms. The van der Waals surface area contributed by atoms with Gasteiger partial charge in [0.1, 0.15) is 0 Å². The topological polar surface area (TPSA) is 9.23 Å². The zero-order valence-corrected chi connectivity index (χ0v) is 9.67. The predicted octanol–water partition coefficient (Wildman–Crippen LogP) is 3.77. The van der Waals surface area contributed by atoms with Crippen LogP contribution < -0.4 is 0 Å². The predicted molar refractivity (Wildman–Crippen MR) is 59.3 cm³/mol. The molecule has 0 saturated heterocycles. The van der Waals surface area contributed by atoms with Crippen molar-refractivity contribution in [3.8, 4) is 0 Å². The summed E-state index contributed by atoms with van der Waals surface area (Å²) in [6.45, 7) is 4.72. The molecule has 2 fully saturated rings. The smallest absolute Gasteiger partial charge is 0.0579 e. The van der Waals surface area contributed by atoms with Gasteiger partial charge in [0.25, 0.3) is 0 Å². The maximum absolute atomic E-state index is 6.06. The summed E-state index contributed by atoms with van der Waals surface area (Å²) in [5, 5.41) is 0. The summed E-state index contributed by atoms with van der Waals surface area (Å²) in [6.07, 6.45) is 10.7. The molecule has 0 aromatic heterocycles. The van der Waals surface area contributed by atoms with Gasteiger partial charge in [-0.05, 0) is 56.8 Å². The maximum atomic E-state index is 6.06. The molecule has 0 aromatic carbocycles. The fraction of sp³-hybridized carbons (Fsp3) is 1.00. The van der Waals surface area contributed by atoms with Crippen molar-refractivity contribution in [1.82, 2.24) is 0 Å². The highest BCUT2D eigenvalue weighted by Crippen LogP contribution is 2.34. The van der Waals surface area contributed by atoms with Crippen LogP contribution in [0.15, 0.2) is 0 Å². The van der Waals surface area contributed by atoms with Crippen LogP contribution in [0, 0.1) is 11.8 Å². The van der Waals surface area contributed by atoms with Crippen molar-refractivity contribution in [2.45, 2.75) is 71.0 Å². The fourth-order valence-corrected chi connectivity index (χ4v) is 2.67. The quantitative estimate of drug-likeness (QED) is 0.667. The molecule has 0 N–H and O–H groups in total. The van der Waals surface area contributed by atoms with Gasteiger partial charge in [-0.25, -0.2) is 0 Å². The lowest BCUT2D eigenvalue weighted by atomic mass is 9.80. The summed E-state index contributed by atoms with van der Waals surface area (Å²) in [5.41, 5.74) is 0. The Morgan fingerprint density at radius 1 is 0.857 bits per heavy atom. The van der Waals surface area contributed by atoms with E-state index < -0.39 is 0 Å². The van der Waals surface area contributed by atoms with E-state index in [0.29, 0.717) is 12.2 Å². The minimum absolute atomic E-state index is 0.607. The van der Waals surface area contributed by atoms with Gasteiger partial charge in [-0.15, -0.1) is 0 Å². The number of ether oxygens (including phenoxy) is 1. The third-order valence-electron chi connectivity index (χ3n) is 4.10. The number of hydrogen-bond donors (Lipinski definition) is 0. The molecule has 2 saturated carbocycles. The zero-order valence-electron chi connectivity index (χ0n) is 9.67. The van der Waals surface area contributed by atoms with Crippen LogP contribution in [-0.4, -0.2) is 12.2 Å². The summed E-state index contributed by atoms with van der Waals surface area (Å²) in [7, 11) is 0. The van der Waals surface area contributed by atoms with E-state index in [-0.39, 0.29) is 0 Å². The van der Waals surface area contributed by atoms with E-state index in [4.69, 9.17) is 4.74 Å². The Bertz CT molecular complexity index is 164. The summed E-state index contributed by atoms with van der Waals surface area (Å²) in [6, 6.07) is 0. The Hall–Kier alpha value is -0.0400. The zero-order chi connectivity index (χ0) is 9.97. The van der Waals surface area contributed by atoms with E-state index in [1.807, 2.05) is 0 Å². The largest absolute Gasteiger partial charge is 0.375 e. The van der Waals surface area contributed by atoms with Crippen LogP contribution in [0.25, 0.3) is 0 Å². The normalized spacial score (nSPS) is 34.5. The molecule has 2 aliphatic rings. The van der Waals surface area contributed by atoms with Crippen LogP contribution in [-0.2, 0) is 4.74 Å². The first-order chi connectivity index (χ1) is 6.75. The first-order valence-corrected chi connectivity index (χ1v) is 6.41. The molecule has 1 nitrogen and oxygen atoms in total. The highest BCUT2D eigenvalue weighted by molar-refractivity contribution is 4.78. The lowest BCUT2D eigenvalue weighted by molar-refractivity contribution is -0.0714. The first kappa shape index (κ1) is 10.5. The van der Waals surface area contributed by atoms with E-state index in [9.17, 15) is 0 Å². The van der Waals surface area contributed by atoms with Crippen LogP contribution >= 0.6 is 0 Å². The Kier molecular flexibility index (Phi) is 3.48. The summed E-state index contributed by atoms with van der Waals surface area (Å²) < 4.78 is 6.06. The van der Waals surface area contributed by atoms with Gasteiger partial charge >= 0.3 is 0 Å². The minimum Gasteiger partial charge on any atom is -0.375 e. The van der Waals surface area contributed by atoms with Gasteiger partial charge in [-0.2, -0.15) is 0 Å². The van der Waals surface area contributed by atoms with Gasteiger partial charge in [0.2, 0.25) is 0 Å². The third-order valence-corrected chi connectivity index (χ3v) is 4.10. The molecule has 0 atom stereocenters. The molecule has 14 heavy (non-hydrogen) atoms. The fourth-order valence-electron chi connectivity index (χ4n) is 2.67. The standard InChI is InChI=1S/C13H24O/c1-10(2)11-6-8-13(9-7-11)14-12-4-3-5-12/h10-13H,3-9H2,1-2H3/t11-,13-. The van der Waals surface area contributed by atoms with Gasteiger partial charge in [0.05, 0.1) is 12.2 Å². The Morgan fingerprint density at radius 3 is 1.86 bits per heavy atom. The molecule has 0 spiro atoms. The molecule has 0 amide bonds. The van der Waals surface area contributed by atoms with E-state index in [2.05, 4.69) is 13.8 Å². The maximum Gasteiger partial charge on any atom is 0.0579 e. The van der Waals surface area contributed by atoms with Crippen molar-refractivity contribution < 1.29 is 4.74 Å². The molecular formula is C13H24O. The van der Waals surface area contributed by atoms with Crippen LogP contribution in [0.2, 0.25) is 0 Å². The second kappa shape index (κ2) is 4.65. The Morgan fingerprint density at radius 2 is 1.43 bits per heavy atom. The summed E-state index contributed by atoms with van der Waals surface area (Å²) >= 11 is 0. The molecular weight excluding hydrogens is 172 g/mol. The van der Waals surface area contributed by atoms with E-state index >= 15 is 0 Å². The van der Waals surface area contributed by atoms with Crippen molar-refractivity contribution in [2.75, 3.05) is 0 Å². The molecule has 2 rings (SSSR count). The molecule has 0 aromatic rings. The van der Waals surface area contributed by atoms with Crippen molar-refractivity contribution in [3.63, 3.8) is 0 Å². The van der Waals surface area contributed by atoms with Crippen LogP contribution in [0.5, 0.6) is 0 Å². The highest BCUT2D eigenvalue weighted by Gasteiger charge is 2.27. The average molecular weight is 196 g/mol. The third kappa shape index (κ3) is 2.50. The molecule has 0 unspecified atom stereocenters. The molecule has 82 valence electrons. The number of rotatable bonds is 3. The Balaban J connectivity index is 1.67. The molecule has 0 radical (unpaired) electrons. The number of hydrogen-bond acceptors (Lipinski definition) is 1. The lowest BCUT2D eigenvalue weighted by Gasteiger charge is -2.35. The van der Waals surface area contributed by atoms with Gasteiger partial charge < -0.3 is 4.74 Å². The van der Waals surface area contributed by atoms with E-state index in [0.717, 1.165) is 11.8 Å². The molecule has 1 heteroatoms. The van der Waals surface area contributed by atoms with Crippen LogP contribution in [0.3, 0.4) is 0 Å². The van der Waals surface area contributed by atoms with Gasteiger partial charge in [0, 0.05) is 0 Å². The first-order valence-electron chi connectivity index (χ1n) is 6.41. The van der Waals surface area contributed by atoms with Crippen LogP contribution in [0.4, 0.5) is 0 Å². The highest BCUT2D eigenvalue weighted by atomic mass is 16.5. The van der Waals surface area contributed by atoms with E-state index in [1.165, 1.54) is 44.9 Å². The summed E-state index contributed by atoms with van der Waals surface area (Å²) in [5.74, 6) is 1.84. The lowest BCUT2D eigenvalue weighted by Crippen LogP contribution is -2.31. The average Bonchev–Trinajstić information content (AvgIpc) is 2.12. The van der Waals surface area contributed by atoms with Crippen molar-refractivity contribution in [1.29, 1.82) is 0 Å². The minimum atomic E-state index is 0.607. The van der Waals surface area contributed by atoms with Gasteiger partial charge in [0.15, 0.2) is 0 Å². The van der Waals surface area contributed by atoms with Gasteiger partial charge in [-0.1, -0.05) is 13.8 Å². The monoisotopic (exact) mass is 196 g/mol. The molecule has 2 aliphatic carbocycles. The van der Waals surface area contributed by atoms with Crippen LogP contribution in [0.1, 0.15) is 58.8 Å². The second-order valence-corrected chi connectivity index (χ2v) is 5.47. The molecule has 0 aliphatic heterocycles. The molecule has 0 heterocycles. The van der Waals surface area contributed by atoms with Crippen molar-refractivity contribution >= 4 is 0 Å². The second-order valence-electron chi connectivity index (χ2n) is 5.47. The SMILES string of the molecule is CC(C)[C@H]1CC[C@H](OC2CCC2)CC1. The van der Waals surface area contributed by atoms with Gasteiger partial charge in [-0.3, -0.25) is 0 Å². The Labute approximate surface area is 88.2 Å². The summed E-state index contributed by atoms with van der Waals surface area (Å²) in [4.78, 5) is 0. The van der Waals surface area contributed by atoms with E-state index in [1.54, 1.807) is 0 Å².